The molecule has 0 saturated heterocycles. The van der Waals surface area contributed by atoms with Crippen LogP contribution < -0.4 is 14.2 Å². The van der Waals surface area contributed by atoms with Gasteiger partial charge in [0.2, 0.25) is 0 Å². The first-order chi connectivity index (χ1) is 22.4. The highest BCUT2D eigenvalue weighted by molar-refractivity contribution is 6.15. The van der Waals surface area contributed by atoms with Crippen LogP contribution in [0.25, 0.3) is 32.7 Å². The summed E-state index contributed by atoms with van der Waals surface area (Å²) >= 11 is 0. The molecule has 4 aromatic rings. The zero-order chi connectivity index (χ0) is 33.9. The van der Waals surface area contributed by atoms with Crippen molar-refractivity contribution in [2.75, 3.05) is 21.3 Å². The van der Waals surface area contributed by atoms with Crippen molar-refractivity contribution in [3.8, 4) is 45.6 Å². The van der Waals surface area contributed by atoms with Crippen LogP contribution in [0.4, 0.5) is 0 Å². The van der Waals surface area contributed by atoms with E-state index in [1.807, 2.05) is 0 Å². The van der Waals surface area contributed by atoms with Crippen molar-refractivity contribution >= 4 is 33.5 Å². The summed E-state index contributed by atoms with van der Waals surface area (Å²) in [5.41, 5.74) is 2.38. The molecule has 47 heavy (non-hydrogen) atoms. The quantitative estimate of drug-likeness (QED) is 0.215. The van der Waals surface area contributed by atoms with Crippen molar-refractivity contribution < 1.29 is 58.1 Å². The topological polar surface area (TPSA) is 159 Å². The van der Waals surface area contributed by atoms with E-state index >= 15 is 0 Å². The van der Waals surface area contributed by atoms with Crippen LogP contribution in [-0.2, 0) is 41.8 Å². The second-order valence-electron chi connectivity index (χ2n) is 11.6. The van der Waals surface area contributed by atoms with Gasteiger partial charge in [0, 0.05) is 59.0 Å². The minimum Gasteiger partial charge on any atom is -0.508 e. The van der Waals surface area contributed by atoms with Crippen molar-refractivity contribution in [1.29, 1.82) is 0 Å². The molecule has 12 nitrogen and oxygen atoms in total. The largest absolute Gasteiger partial charge is 0.508 e. The van der Waals surface area contributed by atoms with Crippen molar-refractivity contribution in [3.05, 3.63) is 46.5 Å². The van der Waals surface area contributed by atoms with E-state index in [-0.39, 0.29) is 47.3 Å². The molecule has 12 heteroatoms. The van der Waals surface area contributed by atoms with E-state index in [9.17, 15) is 24.9 Å². The standard InChI is InChI=1S/C35H36O12/c1-14-34(46-16(3)36)30-22(12-44-14)32(39)26-20(8-18(38)9-24(26)42-6)28(30)29-21-10-19(41-5)11-25(43-7)27(21)33(40)23-13-45-15(2)35(31(23)29)47-17(4)37/h8-11,14-15,34-35,38-40H,12-13H2,1-7H3/t14-,15-,34+,35+/m0/s1. The molecule has 3 N–H and O–H groups in total. The Kier molecular flexibility index (Phi) is 8.18. The van der Waals surface area contributed by atoms with Gasteiger partial charge in [-0.2, -0.15) is 0 Å². The molecule has 0 aromatic heterocycles. The number of benzene rings is 4. The Morgan fingerprint density at radius 3 is 1.55 bits per heavy atom. The molecule has 0 aliphatic carbocycles. The first kappa shape index (κ1) is 32.0. The number of phenolic OH excluding ortho intramolecular Hbond substituents is 3. The van der Waals surface area contributed by atoms with Crippen molar-refractivity contribution in [3.63, 3.8) is 0 Å². The number of rotatable bonds is 6. The Morgan fingerprint density at radius 2 is 1.13 bits per heavy atom. The third-order valence-corrected chi connectivity index (χ3v) is 8.85. The number of fused-ring (bicyclic) bond motifs is 4. The van der Waals surface area contributed by atoms with E-state index in [4.69, 9.17) is 33.2 Å². The lowest BCUT2D eigenvalue weighted by Crippen LogP contribution is -2.31. The minimum atomic E-state index is -1.02. The van der Waals surface area contributed by atoms with E-state index in [2.05, 4.69) is 0 Å². The van der Waals surface area contributed by atoms with E-state index in [1.165, 1.54) is 47.3 Å². The second kappa shape index (κ2) is 12.0. The SMILES string of the molecule is COc1cc(OC)c2c(O)c3c(c(-c4c5c(c(O)c6c(OC)cc(O)cc46)CO[C@@H](C)[C@H]5OC(C)=O)c2c1)[C@H](OC(C)=O)[C@H](C)OC3. The summed E-state index contributed by atoms with van der Waals surface area (Å²) in [7, 11) is 4.37. The lowest BCUT2D eigenvalue weighted by atomic mass is 9.77. The van der Waals surface area contributed by atoms with Crippen molar-refractivity contribution in [2.45, 2.75) is 65.3 Å². The average Bonchev–Trinajstić information content (AvgIpc) is 3.03. The summed E-state index contributed by atoms with van der Waals surface area (Å²) in [5.74, 6) is -0.808. The summed E-state index contributed by atoms with van der Waals surface area (Å²) in [5, 5.41) is 36.1. The Hall–Kier alpha value is -4.94. The predicted molar refractivity (Wildman–Crippen MR) is 169 cm³/mol. The molecule has 0 unspecified atom stereocenters. The molecule has 0 saturated carbocycles. The zero-order valence-electron chi connectivity index (χ0n) is 27.0. The summed E-state index contributed by atoms with van der Waals surface area (Å²) in [4.78, 5) is 25.1. The molecule has 4 aromatic carbocycles. The van der Waals surface area contributed by atoms with Crippen LogP contribution >= 0.6 is 0 Å². The minimum absolute atomic E-state index is 0.0438. The number of hydrogen-bond donors (Lipinski definition) is 3. The number of ether oxygens (including phenoxy) is 7. The molecule has 0 bridgehead atoms. The lowest BCUT2D eigenvalue weighted by Gasteiger charge is -2.37. The van der Waals surface area contributed by atoms with Crippen LogP contribution in [-0.4, -0.2) is 60.8 Å². The number of esters is 2. The number of aromatic hydroxyl groups is 3. The number of hydrogen-bond acceptors (Lipinski definition) is 12. The smallest absolute Gasteiger partial charge is 0.303 e. The van der Waals surface area contributed by atoms with Crippen LogP contribution in [0.1, 0.15) is 62.2 Å². The van der Waals surface area contributed by atoms with Crippen LogP contribution in [0.5, 0.6) is 34.5 Å². The zero-order valence-corrected chi connectivity index (χ0v) is 27.0. The van der Waals surface area contributed by atoms with Gasteiger partial charge in [-0.3, -0.25) is 9.59 Å². The number of carbonyl (C=O) groups excluding carboxylic acids is 2. The van der Waals surface area contributed by atoms with Gasteiger partial charge in [-0.1, -0.05) is 0 Å². The van der Waals surface area contributed by atoms with Gasteiger partial charge >= 0.3 is 11.9 Å². The van der Waals surface area contributed by atoms with Crippen molar-refractivity contribution in [1.82, 2.24) is 0 Å². The summed E-state index contributed by atoms with van der Waals surface area (Å²) in [6.07, 6.45) is -3.34. The Bertz CT molecular complexity index is 1950. The molecule has 4 atom stereocenters. The summed E-state index contributed by atoms with van der Waals surface area (Å²) in [6, 6.07) is 6.20. The fourth-order valence-electron chi connectivity index (χ4n) is 6.86. The van der Waals surface area contributed by atoms with Gasteiger partial charge in [-0.05, 0) is 37.1 Å². The van der Waals surface area contributed by atoms with Crippen LogP contribution in [0, 0.1) is 0 Å². The second-order valence-corrected chi connectivity index (χ2v) is 11.6. The van der Waals surface area contributed by atoms with E-state index < -0.39 is 36.4 Å². The highest BCUT2D eigenvalue weighted by Crippen LogP contribution is 2.57. The van der Waals surface area contributed by atoms with Gasteiger partial charge in [0.25, 0.3) is 0 Å². The van der Waals surface area contributed by atoms with Gasteiger partial charge in [0.15, 0.2) is 12.2 Å². The molecule has 0 spiro atoms. The third-order valence-electron chi connectivity index (χ3n) is 8.85. The van der Waals surface area contributed by atoms with Crippen LogP contribution in [0.15, 0.2) is 24.3 Å². The molecule has 6 rings (SSSR count). The lowest BCUT2D eigenvalue weighted by molar-refractivity contribution is -0.158. The molecule has 2 aliphatic heterocycles. The number of phenols is 3. The fraction of sp³-hybridized carbons (Fsp3) is 0.371. The molecule has 0 fully saturated rings. The number of methoxy groups -OCH3 is 3. The first-order valence-corrected chi connectivity index (χ1v) is 15.0. The van der Waals surface area contributed by atoms with Crippen LogP contribution in [0.2, 0.25) is 0 Å². The molecule has 2 aliphatic rings. The van der Waals surface area contributed by atoms with E-state index in [1.54, 1.807) is 26.0 Å². The summed E-state index contributed by atoms with van der Waals surface area (Å²) in [6.45, 7) is 5.97. The first-order valence-electron chi connectivity index (χ1n) is 15.0. The van der Waals surface area contributed by atoms with Crippen molar-refractivity contribution in [2.24, 2.45) is 0 Å². The molecule has 0 amide bonds. The average molecular weight is 649 g/mol. The maximum atomic E-state index is 12.6. The third kappa shape index (κ3) is 5.08. The van der Waals surface area contributed by atoms with E-state index in [0.29, 0.717) is 55.3 Å². The van der Waals surface area contributed by atoms with Gasteiger partial charge in [0.1, 0.15) is 34.5 Å². The maximum Gasteiger partial charge on any atom is 0.303 e. The van der Waals surface area contributed by atoms with Gasteiger partial charge in [-0.15, -0.1) is 0 Å². The van der Waals surface area contributed by atoms with E-state index in [0.717, 1.165) is 0 Å². The molecule has 2 heterocycles. The van der Waals surface area contributed by atoms with Gasteiger partial charge in [-0.25, -0.2) is 0 Å². The van der Waals surface area contributed by atoms with Gasteiger partial charge in [0.05, 0.1) is 57.5 Å². The molecule has 0 radical (unpaired) electrons. The van der Waals surface area contributed by atoms with Crippen LogP contribution in [0.3, 0.4) is 0 Å². The molecular weight excluding hydrogens is 612 g/mol. The number of carbonyl (C=O) groups is 2. The van der Waals surface area contributed by atoms with Gasteiger partial charge < -0.3 is 48.5 Å². The molecule has 248 valence electrons. The Labute approximate surface area is 270 Å². The monoisotopic (exact) mass is 648 g/mol. The maximum absolute atomic E-state index is 12.6. The molecular formula is C35H36O12. The Balaban J connectivity index is 1.95. The highest BCUT2D eigenvalue weighted by atomic mass is 16.6. The predicted octanol–water partition coefficient (Wildman–Crippen LogP) is 5.85. The fourth-order valence-corrected chi connectivity index (χ4v) is 6.86. The Morgan fingerprint density at radius 1 is 0.681 bits per heavy atom. The normalized spacial score (nSPS) is 20.3. The summed E-state index contributed by atoms with van der Waals surface area (Å²) < 4.78 is 40.9. The highest BCUT2D eigenvalue weighted by Gasteiger charge is 2.42.